The molecule has 0 saturated carbocycles. The third-order valence-electron chi connectivity index (χ3n) is 2.66. The van der Waals surface area contributed by atoms with Gasteiger partial charge in [0.2, 0.25) is 5.82 Å². The van der Waals surface area contributed by atoms with E-state index >= 15 is 0 Å². The normalized spacial score (nSPS) is 10.0. The van der Waals surface area contributed by atoms with E-state index in [2.05, 4.69) is 10.4 Å². The predicted octanol–water partition coefficient (Wildman–Crippen LogP) is 2.42. The van der Waals surface area contributed by atoms with Gasteiger partial charge in [0.05, 0.1) is 4.92 Å². The molecule has 2 aromatic rings. The van der Waals surface area contributed by atoms with Crippen LogP contribution in [0, 0.1) is 10.1 Å². The Hall–Kier alpha value is -2.67. The van der Waals surface area contributed by atoms with E-state index in [0.717, 1.165) is 0 Å². The number of amides is 1. The lowest BCUT2D eigenvalue weighted by molar-refractivity contribution is -0.384. The molecule has 0 atom stereocenters. The molecule has 0 unspecified atom stereocenters. The summed E-state index contributed by atoms with van der Waals surface area (Å²) in [5.41, 5.74) is 2.69. The van der Waals surface area contributed by atoms with Gasteiger partial charge in [0.25, 0.3) is 5.91 Å². The number of nitro groups is 1. The van der Waals surface area contributed by atoms with Crippen molar-refractivity contribution in [2.45, 2.75) is 0 Å². The number of pyridine rings is 1. The molecule has 0 spiro atoms. The first-order valence-electron chi connectivity index (χ1n) is 5.88. The van der Waals surface area contributed by atoms with Gasteiger partial charge in [-0.2, -0.15) is 0 Å². The Balaban J connectivity index is 2.18. The molecule has 1 aromatic heterocycles. The van der Waals surface area contributed by atoms with Gasteiger partial charge in [-0.25, -0.2) is 4.98 Å². The second-order valence-electron chi connectivity index (χ2n) is 4.11. The summed E-state index contributed by atoms with van der Waals surface area (Å²) in [5, 5.41) is 12.6. The van der Waals surface area contributed by atoms with Gasteiger partial charge in [-0.1, -0.05) is 11.6 Å². The van der Waals surface area contributed by atoms with Gasteiger partial charge in [-0.05, 0) is 30.3 Å². The van der Waals surface area contributed by atoms with Crippen molar-refractivity contribution in [1.29, 1.82) is 0 Å². The molecule has 1 N–H and O–H groups in total. The Kier molecular flexibility index (Phi) is 4.34. The van der Waals surface area contributed by atoms with Crippen LogP contribution in [-0.2, 0) is 0 Å². The molecule has 0 aliphatic heterocycles. The van der Waals surface area contributed by atoms with Gasteiger partial charge < -0.3 is 0 Å². The Labute approximate surface area is 125 Å². The highest BCUT2D eigenvalue weighted by molar-refractivity contribution is 6.30. The molecule has 0 aliphatic carbocycles. The Bertz CT molecular complexity index is 675. The number of hydrogen-bond donors (Lipinski definition) is 1. The summed E-state index contributed by atoms with van der Waals surface area (Å²) in [6.45, 7) is 0. The minimum absolute atomic E-state index is 0.0461. The second kappa shape index (κ2) is 6.19. The fourth-order valence-corrected chi connectivity index (χ4v) is 1.79. The van der Waals surface area contributed by atoms with Crippen molar-refractivity contribution in [2.75, 3.05) is 12.1 Å². The fraction of sp³-hybridized carbons (Fsp3) is 0.0769. The number of carbonyl (C=O) groups excluding carboxylic acids is 1. The summed E-state index contributed by atoms with van der Waals surface area (Å²) in [6.07, 6.45) is 1.41. The van der Waals surface area contributed by atoms with E-state index in [9.17, 15) is 14.9 Å². The van der Waals surface area contributed by atoms with Crippen molar-refractivity contribution in [3.05, 3.63) is 63.3 Å². The minimum atomic E-state index is -0.562. The first kappa shape index (κ1) is 14.7. The van der Waals surface area contributed by atoms with Crippen molar-refractivity contribution in [1.82, 2.24) is 10.4 Å². The van der Waals surface area contributed by atoms with Gasteiger partial charge in [0, 0.05) is 29.9 Å². The first-order chi connectivity index (χ1) is 9.99. The molecule has 0 aliphatic rings. The van der Waals surface area contributed by atoms with Crippen LogP contribution in [0.4, 0.5) is 11.5 Å². The number of hydrazine groups is 1. The number of rotatable bonds is 4. The third kappa shape index (κ3) is 3.46. The van der Waals surface area contributed by atoms with Crippen LogP contribution in [0.3, 0.4) is 0 Å². The summed E-state index contributed by atoms with van der Waals surface area (Å²) in [6, 6.07) is 9.04. The monoisotopic (exact) mass is 306 g/mol. The number of carbonyl (C=O) groups is 1. The van der Waals surface area contributed by atoms with Crippen molar-refractivity contribution >= 4 is 29.0 Å². The Morgan fingerprint density at radius 2 is 2.00 bits per heavy atom. The average molecular weight is 307 g/mol. The number of nitrogens with zero attached hydrogens (tertiary/aromatic N) is 3. The van der Waals surface area contributed by atoms with E-state index in [1.54, 1.807) is 24.3 Å². The zero-order valence-electron chi connectivity index (χ0n) is 11.0. The van der Waals surface area contributed by atoms with Crippen LogP contribution in [0.15, 0.2) is 42.6 Å². The van der Waals surface area contributed by atoms with Gasteiger partial charge in [0.1, 0.15) is 0 Å². The highest BCUT2D eigenvalue weighted by atomic mass is 35.5. The van der Waals surface area contributed by atoms with E-state index in [0.29, 0.717) is 10.6 Å². The van der Waals surface area contributed by atoms with Gasteiger partial charge in [-0.3, -0.25) is 25.3 Å². The van der Waals surface area contributed by atoms with Crippen LogP contribution in [0.25, 0.3) is 0 Å². The summed E-state index contributed by atoms with van der Waals surface area (Å²) in [7, 11) is 1.48. The zero-order valence-corrected chi connectivity index (χ0v) is 11.7. The smallest absolute Gasteiger partial charge is 0.267 e. The summed E-state index contributed by atoms with van der Waals surface area (Å²) in [4.78, 5) is 26.3. The van der Waals surface area contributed by atoms with Gasteiger partial charge in [0.15, 0.2) is 0 Å². The molecular weight excluding hydrogens is 296 g/mol. The number of halogens is 1. The highest BCUT2D eigenvalue weighted by Gasteiger charge is 2.19. The van der Waals surface area contributed by atoms with E-state index in [1.165, 1.54) is 30.4 Å². The van der Waals surface area contributed by atoms with Crippen molar-refractivity contribution in [2.24, 2.45) is 0 Å². The lowest BCUT2D eigenvalue weighted by atomic mass is 10.2. The van der Waals surface area contributed by atoms with Crippen LogP contribution in [0.1, 0.15) is 10.4 Å². The van der Waals surface area contributed by atoms with E-state index in [4.69, 9.17) is 11.6 Å². The van der Waals surface area contributed by atoms with E-state index in [-0.39, 0.29) is 11.5 Å². The van der Waals surface area contributed by atoms with Gasteiger partial charge >= 0.3 is 5.69 Å². The quantitative estimate of drug-likeness (QED) is 0.692. The molecule has 8 heteroatoms. The number of benzene rings is 1. The number of nitrogens with one attached hydrogen (secondary N) is 1. The number of hydrogen-bond acceptors (Lipinski definition) is 5. The Morgan fingerprint density at radius 1 is 1.33 bits per heavy atom. The molecule has 1 amide bonds. The molecule has 0 fully saturated rings. The lowest BCUT2D eigenvalue weighted by Gasteiger charge is -2.18. The largest absolute Gasteiger partial charge is 0.313 e. The maximum Gasteiger partial charge on any atom is 0.313 e. The molecule has 2 rings (SSSR count). The van der Waals surface area contributed by atoms with E-state index in [1.807, 2.05) is 0 Å². The molecule has 7 nitrogen and oxygen atoms in total. The van der Waals surface area contributed by atoms with Gasteiger partial charge in [-0.15, -0.1) is 0 Å². The van der Waals surface area contributed by atoms with Crippen LogP contribution < -0.4 is 10.4 Å². The standard InChI is InChI=1S/C13H11ClN4O3/c1-17(12-11(18(20)21)3-2-8-15-12)16-13(19)9-4-6-10(14)7-5-9/h2-8H,1H3,(H,16,19). The maximum atomic E-state index is 12.0. The van der Waals surface area contributed by atoms with Crippen LogP contribution in [0.5, 0.6) is 0 Å². The lowest BCUT2D eigenvalue weighted by Crippen LogP contribution is -2.40. The highest BCUT2D eigenvalue weighted by Crippen LogP contribution is 2.22. The molecule has 108 valence electrons. The molecule has 1 aromatic carbocycles. The first-order valence-corrected chi connectivity index (χ1v) is 6.26. The van der Waals surface area contributed by atoms with Crippen molar-refractivity contribution in [3.8, 4) is 0 Å². The van der Waals surface area contributed by atoms with Crippen LogP contribution in [-0.4, -0.2) is 22.9 Å². The summed E-state index contributed by atoms with van der Waals surface area (Å²) in [5.74, 6) is -0.376. The molecular formula is C13H11ClN4O3. The van der Waals surface area contributed by atoms with Crippen LogP contribution in [0.2, 0.25) is 5.02 Å². The second-order valence-corrected chi connectivity index (χ2v) is 4.55. The Morgan fingerprint density at radius 3 is 2.62 bits per heavy atom. The molecule has 0 saturated heterocycles. The molecule has 0 radical (unpaired) electrons. The molecule has 0 bridgehead atoms. The van der Waals surface area contributed by atoms with Crippen LogP contribution >= 0.6 is 11.6 Å². The minimum Gasteiger partial charge on any atom is -0.267 e. The van der Waals surface area contributed by atoms with E-state index < -0.39 is 10.8 Å². The topological polar surface area (TPSA) is 88.4 Å². The maximum absolute atomic E-state index is 12.0. The summed E-state index contributed by atoms with van der Waals surface area (Å²) < 4.78 is 0. The fourth-order valence-electron chi connectivity index (χ4n) is 1.66. The average Bonchev–Trinajstić information content (AvgIpc) is 2.47. The number of aromatic nitrogens is 1. The molecule has 1 heterocycles. The van der Waals surface area contributed by atoms with Crippen molar-refractivity contribution < 1.29 is 9.72 Å². The number of anilines is 1. The predicted molar refractivity (Wildman–Crippen MR) is 78.2 cm³/mol. The SMILES string of the molecule is CN(NC(=O)c1ccc(Cl)cc1)c1ncccc1[N+](=O)[O-]. The third-order valence-corrected chi connectivity index (χ3v) is 2.91. The summed E-state index contributed by atoms with van der Waals surface area (Å²) >= 11 is 5.75. The van der Waals surface area contributed by atoms with Crippen molar-refractivity contribution in [3.63, 3.8) is 0 Å². The zero-order chi connectivity index (χ0) is 15.4. The molecule has 21 heavy (non-hydrogen) atoms.